The van der Waals surface area contributed by atoms with Crippen molar-refractivity contribution < 1.29 is 38.3 Å². The molecule has 3 rings (SSSR count). The summed E-state index contributed by atoms with van der Waals surface area (Å²) >= 11 is 0. The minimum absolute atomic E-state index is 0.102. The van der Waals surface area contributed by atoms with Gasteiger partial charge in [0.15, 0.2) is 0 Å². The molecule has 1 aromatic carbocycles. The number of fused-ring (bicyclic) bond motifs is 1. The topological polar surface area (TPSA) is 135 Å². The minimum Gasteiger partial charge on any atom is -0.463 e. The van der Waals surface area contributed by atoms with Gasteiger partial charge in [0.05, 0.1) is 22.7 Å². The fraction of sp³-hybridized carbons (Fsp3) is 0.516. The normalized spacial score (nSPS) is 26.1. The van der Waals surface area contributed by atoms with Crippen molar-refractivity contribution >= 4 is 23.6 Å². The van der Waals surface area contributed by atoms with Crippen molar-refractivity contribution in [1.29, 1.82) is 0 Å². The van der Waals surface area contributed by atoms with E-state index in [-0.39, 0.29) is 11.3 Å². The second-order valence-electron chi connectivity index (χ2n) is 11.5. The number of non-ortho nitro benzene ring substituents is 1. The first-order chi connectivity index (χ1) is 19.1. The highest BCUT2D eigenvalue weighted by atomic mass is 16.6. The Balaban J connectivity index is 1.73. The molecule has 0 spiro atoms. The Morgan fingerprint density at radius 3 is 2.34 bits per heavy atom. The highest BCUT2D eigenvalue weighted by Crippen LogP contribution is 2.68. The number of benzene rings is 1. The summed E-state index contributed by atoms with van der Waals surface area (Å²) in [5.41, 5.74) is 0.00891. The number of nitrogens with zero attached hydrogens (tertiary/aromatic N) is 1. The van der Waals surface area contributed by atoms with E-state index in [0.717, 1.165) is 11.1 Å². The van der Waals surface area contributed by atoms with Crippen LogP contribution in [0.3, 0.4) is 0 Å². The standard InChI is InChI=1S/C31H39NO9/c1-8-38-27(34)16-20(2)10-9-11-21(3)26(39-22(4)33)19-31-29(5,6)17-25(18-30(31,7)41-31)40-28(35)23-12-14-24(15-13-23)32(36)37/h9-16,25-26H,8,17-19H2,1-7H3/b10-9+,20-16+,21-11+/t25-,26?,30+,31-/m0/s1. The molecule has 1 aromatic rings. The number of nitro benzene ring substituents is 1. The Morgan fingerprint density at radius 1 is 1.12 bits per heavy atom. The Bertz CT molecular complexity index is 1280. The summed E-state index contributed by atoms with van der Waals surface area (Å²) in [7, 11) is 0. The van der Waals surface area contributed by atoms with E-state index in [0.29, 0.717) is 25.9 Å². The van der Waals surface area contributed by atoms with Gasteiger partial charge in [-0.1, -0.05) is 32.1 Å². The van der Waals surface area contributed by atoms with E-state index in [2.05, 4.69) is 13.8 Å². The summed E-state index contributed by atoms with van der Waals surface area (Å²) in [5.74, 6) is -1.37. The van der Waals surface area contributed by atoms with Gasteiger partial charge in [-0.2, -0.15) is 0 Å². The van der Waals surface area contributed by atoms with Gasteiger partial charge in [0.1, 0.15) is 17.8 Å². The summed E-state index contributed by atoms with van der Waals surface area (Å²) in [6.45, 7) is 13.2. The second kappa shape index (κ2) is 12.4. The Labute approximate surface area is 240 Å². The largest absolute Gasteiger partial charge is 0.463 e. The van der Waals surface area contributed by atoms with Crippen LogP contribution in [-0.4, -0.2) is 52.8 Å². The van der Waals surface area contributed by atoms with E-state index in [1.54, 1.807) is 26.0 Å². The fourth-order valence-corrected chi connectivity index (χ4v) is 5.85. The van der Waals surface area contributed by atoms with Crippen molar-refractivity contribution in [2.24, 2.45) is 5.41 Å². The number of hydrogen-bond acceptors (Lipinski definition) is 9. The van der Waals surface area contributed by atoms with E-state index >= 15 is 0 Å². The molecule has 1 saturated carbocycles. The molecule has 1 unspecified atom stereocenters. The first kappa shape index (κ1) is 31.7. The fourth-order valence-electron chi connectivity index (χ4n) is 5.85. The van der Waals surface area contributed by atoms with Crippen molar-refractivity contribution in [2.45, 2.75) is 91.1 Å². The number of ether oxygens (including phenoxy) is 4. The van der Waals surface area contributed by atoms with Crippen LogP contribution in [0.4, 0.5) is 5.69 Å². The third kappa shape index (κ3) is 7.30. The van der Waals surface area contributed by atoms with Crippen molar-refractivity contribution in [3.8, 4) is 0 Å². The molecule has 2 fully saturated rings. The zero-order valence-corrected chi connectivity index (χ0v) is 24.7. The lowest BCUT2D eigenvalue weighted by Crippen LogP contribution is -2.50. The van der Waals surface area contributed by atoms with Gasteiger partial charge in [0.25, 0.3) is 5.69 Å². The summed E-state index contributed by atoms with van der Waals surface area (Å²) in [4.78, 5) is 46.9. The maximum Gasteiger partial charge on any atom is 0.338 e. The molecule has 1 saturated heterocycles. The monoisotopic (exact) mass is 569 g/mol. The molecule has 1 aliphatic carbocycles. The van der Waals surface area contributed by atoms with Gasteiger partial charge in [-0.25, -0.2) is 9.59 Å². The highest BCUT2D eigenvalue weighted by Gasteiger charge is 2.76. The molecule has 0 bridgehead atoms. The van der Waals surface area contributed by atoms with E-state index < -0.39 is 51.7 Å². The number of rotatable bonds is 11. The van der Waals surface area contributed by atoms with E-state index in [1.165, 1.54) is 37.3 Å². The lowest BCUT2D eigenvalue weighted by Gasteiger charge is -2.42. The highest BCUT2D eigenvalue weighted by molar-refractivity contribution is 5.89. The SMILES string of the molecule is CCOC(=O)/C=C(C)/C=C/C=C(\C)C(C[C@@]12O[C@]1(C)C[C@@H](OC(=O)c1ccc([N+](=O)[O-])cc1)CC2(C)C)OC(C)=O. The predicted octanol–water partition coefficient (Wildman–Crippen LogP) is 5.80. The first-order valence-electron chi connectivity index (χ1n) is 13.7. The molecule has 0 aromatic heterocycles. The summed E-state index contributed by atoms with van der Waals surface area (Å²) < 4.78 is 22.9. The average molecular weight is 570 g/mol. The van der Waals surface area contributed by atoms with Gasteiger partial charge in [0.2, 0.25) is 0 Å². The Hall–Kier alpha value is -3.79. The summed E-state index contributed by atoms with van der Waals surface area (Å²) in [6.07, 6.45) is 7.25. The lowest BCUT2D eigenvalue weighted by atomic mass is 9.61. The molecule has 10 nitrogen and oxygen atoms in total. The maximum atomic E-state index is 12.8. The van der Waals surface area contributed by atoms with Crippen LogP contribution in [0.15, 0.2) is 59.7 Å². The van der Waals surface area contributed by atoms with Gasteiger partial charge >= 0.3 is 17.9 Å². The zero-order valence-electron chi connectivity index (χ0n) is 24.7. The molecule has 4 atom stereocenters. The smallest absolute Gasteiger partial charge is 0.338 e. The molecular weight excluding hydrogens is 530 g/mol. The number of hydrogen-bond donors (Lipinski definition) is 0. The van der Waals surface area contributed by atoms with Crippen LogP contribution >= 0.6 is 0 Å². The summed E-state index contributed by atoms with van der Waals surface area (Å²) in [6, 6.07) is 5.32. The zero-order chi connectivity index (χ0) is 30.6. The lowest BCUT2D eigenvalue weighted by molar-refractivity contribution is -0.384. The van der Waals surface area contributed by atoms with Crippen molar-refractivity contribution in [1.82, 2.24) is 0 Å². The van der Waals surface area contributed by atoms with Crippen LogP contribution in [0.1, 0.15) is 78.1 Å². The summed E-state index contributed by atoms with van der Waals surface area (Å²) in [5, 5.41) is 10.9. The van der Waals surface area contributed by atoms with E-state index in [9.17, 15) is 24.5 Å². The van der Waals surface area contributed by atoms with Crippen LogP contribution in [0, 0.1) is 15.5 Å². The van der Waals surface area contributed by atoms with E-state index in [4.69, 9.17) is 18.9 Å². The quantitative estimate of drug-likeness (QED) is 0.0616. The van der Waals surface area contributed by atoms with Gasteiger partial charge in [0, 0.05) is 43.4 Å². The molecule has 0 radical (unpaired) electrons. The Morgan fingerprint density at radius 2 is 1.78 bits per heavy atom. The van der Waals surface area contributed by atoms with Crippen LogP contribution in [0.2, 0.25) is 0 Å². The van der Waals surface area contributed by atoms with Gasteiger partial charge < -0.3 is 18.9 Å². The number of nitro groups is 1. The molecule has 222 valence electrons. The molecule has 0 N–H and O–H groups in total. The van der Waals surface area contributed by atoms with Crippen LogP contribution in [-0.2, 0) is 28.5 Å². The van der Waals surface area contributed by atoms with Crippen molar-refractivity contribution in [3.63, 3.8) is 0 Å². The van der Waals surface area contributed by atoms with Gasteiger partial charge in [-0.05, 0) is 57.4 Å². The van der Waals surface area contributed by atoms with Crippen LogP contribution in [0.5, 0.6) is 0 Å². The molecule has 1 heterocycles. The second-order valence-corrected chi connectivity index (χ2v) is 11.5. The van der Waals surface area contributed by atoms with Crippen molar-refractivity contribution in [2.75, 3.05) is 6.61 Å². The molecule has 1 aliphatic heterocycles. The molecule has 2 aliphatic rings. The number of carbonyl (C=O) groups is 3. The van der Waals surface area contributed by atoms with Gasteiger partial charge in [-0.15, -0.1) is 0 Å². The molecule has 10 heteroatoms. The number of epoxide rings is 1. The minimum atomic E-state index is -0.616. The number of esters is 3. The molecule has 0 amide bonds. The van der Waals surface area contributed by atoms with Crippen LogP contribution < -0.4 is 0 Å². The molecule has 41 heavy (non-hydrogen) atoms. The average Bonchev–Trinajstić information content (AvgIpc) is 3.48. The number of carbonyl (C=O) groups excluding carboxylic acids is 3. The first-order valence-corrected chi connectivity index (χ1v) is 13.7. The number of allylic oxidation sites excluding steroid dienone is 4. The molecular formula is C31H39NO9. The third-order valence-corrected chi connectivity index (χ3v) is 7.89. The van der Waals surface area contributed by atoms with Crippen LogP contribution in [0.25, 0.3) is 0 Å². The maximum absolute atomic E-state index is 12.8. The van der Waals surface area contributed by atoms with Gasteiger partial charge in [-0.3, -0.25) is 14.9 Å². The van der Waals surface area contributed by atoms with E-state index in [1.807, 2.05) is 19.9 Å². The Kier molecular flexibility index (Phi) is 9.58. The predicted molar refractivity (Wildman–Crippen MR) is 151 cm³/mol. The third-order valence-electron chi connectivity index (χ3n) is 7.89. The van der Waals surface area contributed by atoms with Crippen molar-refractivity contribution in [3.05, 3.63) is 75.4 Å².